The maximum atomic E-state index is 10.8. The molecule has 0 aliphatic carbocycles. The molecule has 2 aromatic rings. The lowest BCUT2D eigenvalue weighted by Crippen LogP contribution is -2.42. The monoisotopic (exact) mass is 376 g/mol. The topological polar surface area (TPSA) is 76.0 Å². The van der Waals surface area contributed by atoms with Gasteiger partial charge in [-0.25, -0.2) is 0 Å². The lowest BCUT2D eigenvalue weighted by Gasteiger charge is -2.35. The number of phenolic OH excluding ortho intramolecular Hbond substituents is 1. The van der Waals surface area contributed by atoms with E-state index in [0.29, 0.717) is 12.4 Å². The normalized spacial score (nSPS) is 19.9. The summed E-state index contributed by atoms with van der Waals surface area (Å²) in [4.78, 5) is 10.8. The fourth-order valence-electron chi connectivity index (χ4n) is 2.93. The van der Waals surface area contributed by atoms with E-state index in [1.54, 1.807) is 30.3 Å². The van der Waals surface area contributed by atoms with E-state index in [9.17, 15) is 9.90 Å². The molecule has 1 heterocycles. The average molecular weight is 377 g/mol. The Labute approximate surface area is 157 Å². The zero-order valence-corrected chi connectivity index (χ0v) is 15.2. The van der Waals surface area contributed by atoms with Crippen molar-refractivity contribution in [2.24, 2.45) is 0 Å². The molecule has 1 aliphatic rings. The summed E-state index contributed by atoms with van der Waals surface area (Å²) in [5.41, 5.74) is 1.39. The van der Waals surface area contributed by atoms with Crippen LogP contribution in [0.25, 0.3) is 0 Å². The standard InChI is InChI=1S/C20H21ClO5/c1-20(9-8-14-11-15(22)4-7-18(14)26-20)12-25-16-5-2-13(3-6-16)10-17(21)19(23)24/h2-7,11,17,22H,8-10,12H2,1H3,(H,23,24). The molecule has 26 heavy (non-hydrogen) atoms. The second-order valence-corrected chi connectivity index (χ2v) is 7.31. The van der Waals surface area contributed by atoms with E-state index < -0.39 is 16.9 Å². The molecule has 2 unspecified atom stereocenters. The molecule has 0 aromatic heterocycles. The average Bonchev–Trinajstić information content (AvgIpc) is 2.61. The SMILES string of the molecule is CC1(COc2ccc(CC(Cl)C(=O)O)cc2)CCc2cc(O)ccc2O1. The number of carboxylic acid groups (broad SMARTS) is 1. The number of carboxylic acids is 1. The molecule has 5 nitrogen and oxygen atoms in total. The summed E-state index contributed by atoms with van der Waals surface area (Å²) in [6.07, 6.45) is 1.87. The van der Waals surface area contributed by atoms with Crippen LogP contribution in [0.2, 0.25) is 0 Å². The van der Waals surface area contributed by atoms with E-state index in [2.05, 4.69) is 0 Å². The number of aliphatic carboxylic acids is 1. The van der Waals surface area contributed by atoms with Gasteiger partial charge in [-0.3, -0.25) is 4.79 Å². The van der Waals surface area contributed by atoms with Gasteiger partial charge in [0.05, 0.1) is 0 Å². The third kappa shape index (κ3) is 4.41. The number of halogens is 1. The number of hydrogen-bond donors (Lipinski definition) is 2. The van der Waals surface area contributed by atoms with Crippen molar-refractivity contribution in [3.8, 4) is 17.2 Å². The molecule has 2 aromatic carbocycles. The number of phenols is 1. The molecule has 0 spiro atoms. The third-order valence-electron chi connectivity index (χ3n) is 4.47. The maximum Gasteiger partial charge on any atom is 0.321 e. The predicted molar refractivity (Wildman–Crippen MR) is 98.4 cm³/mol. The molecule has 0 amide bonds. The first-order chi connectivity index (χ1) is 12.3. The molecule has 3 rings (SSSR count). The third-order valence-corrected chi connectivity index (χ3v) is 4.81. The minimum absolute atomic E-state index is 0.245. The fourth-order valence-corrected chi connectivity index (χ4v) is 3.11. The van der Waals surface area contributed by atoms with E-state index >= 15 is 0 Å². The zero-order chi connectivity index (χ0) is 18.7. The fraction of sp³-hybridized carbons (Fsp3) is 0.350. The van der Waals surface area contributed by atoms with Crippen LogP contribution in [0, 0.1) is 0 Å². The molecule has 2 N–H and O–H groups in total. The Hall–Kier alpha value is -2.40. The number of ether oxygens (including phenoxy) is 2. The van der Waals surface area contributed by atoms with Crippen molar-refractivity contribution in [2.45, 2.75) is 37.2 Å². The van der Waals surface area contributed by atoms with E-state index in [0.717, 1.165) is 29.7 Å². The second kappa shape index (κ2) is 7.46. The summed E-state index contributed by atoms with van der Waals surface area (Å²) in [5.74, 6) is 0.686. The number of fused-ring (bicyclic) bond motifs is 1. The van der Waals surface area contributed by atoms with Gasteiger partial charge in [-0.15, -0.1) is 11.6 Å². The van der Waals surface area contributed by atoms with E-state index in [-0.39, 0.29) is 12.2 Å². The molecular weight excluding hydrogens is 356 g/mol. The van der Waals surface area contributed by atoms with E-state index in [1.807, 2.05) is 19.1 Å². The van der Waals surface area contributed by atoms with Gasteiger partial charge in [-0.1, -0.05) is 12.1 Å². The Morgan fingerprint density at radius 3 is 2.73 bits per heavy atom. The van der Waals surface area contributed by atoms with E-state index in [4.69, 9.17) is 26.2 Å². The van der Waals surface area contributed by atoms with Crippen molar-refractivity contribution in [1.82, 2.24) is 0 Å². The number of alkyl halides is 1. The summed E-state index contributed by atoms with van der Waals surface area (Å²) in [7, 11) is 0. The second-order valence-electron chi connectivity index (χ2n) is 6.79. The number of carbonyl (C=O) groups is 1. The quantitative estimate of drug-likeness (QED) is 0.750. The van der Waals surface area contributed by atoms with Crippen LogP contribution in [-0.2, 0) is 17.6 Å². The Balaban J connectivity index is 1.58. The molecule has 0 fully saturated rings. The highest BCUT2D eigenvalue weighted by Gasteiger charge is 2.32. The summed E-state index contributed by atoms with van der Waals surface area (Å²) in [6, 6.07) is 12.4. The van der Waals surface area contributed by atoms with Gasteiger partial charge in [0, 0.05) is 0 Å². The molecule has 0 saturated heterocycles. The number of benzene rings is 2. The molecular formula is C20H21ClO5. The maximum absolute atomic E-state index is 10.8. The molecule has 0 bridgehead atoms. The highest BCUT2D eigenvalue weighted by Crippen LogP contribution is 2.35. The summed E-state index contributed by atoms with van der Waals surface area (Å²) in [6.45, 7) is 2.39. The number of rotatable bonds is 6. The minimum atomic E-state index is -1.03. The summed E-state index contributed by atoms with van der Waals surface area (Å²) < 4.78 is 12.0. The van der Waals surface area contributed by atoms with Crippen LogP contribution in [0.15, 0.2) is 42.5 Å². The molecule has 1 aliphatic heterocycles. The molecule has 0 radical (unpaired) electrons. The number of aromatic hydroxyl groups is 1. The van der Waals surface area contributed by atoms with Crippen molar-refractivity contribution in [3.63, 3.8) is 0 Å². The highest BCUT2D eigenvalue weighted by molar-refractivity contribution is 6.29. The lowest BCUT2D eigenvalue weighted by molar-refractivity contribution is -0.136. The van der Waals surface area contributed by atoms with Gasteiger partial charge in [-0.05, 0) is 67.6 Å². The van der Waals surface area contributed by atoms with Crippen molar-refractivity contribution in [3.05, 3.63) is 53.6 Å². The Morgan fingerprint density at radius 1 is 1.31 bits per heavy atom. The van der Waals surface area contributed by atoms with Crippen molar-refractivity contribution in [1.29, 1.82) is 0 Å². The van der Waals surface area contributed by atoms with Crippen LogP contribution in [0.4, 0.5) is 0 Å². The van der Waals surface area contributed by atoms with Crippen LogP contribution < -0.4 is 9.47 Å². The van der Waals surface area contributed by atoms with Crippen LogP contribution in [-0.4, -0.2) is 33.8 Å². The highest BCUT2D eigenvalue weighted by atomic mass is 35.5. The Kier molecular flexibility index (Phi) is 5.28. The molecule has 0 saturated carbocycles. The number of aryl methyl sites for hydroxylation is 1. The van der Waals surface area contributed by atoms with Crippen molar-refractivity contribution >= 4 is 17.6 Å². The lowest BCUT2D eigenvalue weighted by atomic mass is 9.93. The minimum Gasteiger partial charge on any atom is -0.508 e. The van der Waals surface area contributed by atoms with Gasteiger partial charge in [0.1, 0.15) is 34.8 Å². The molecule has 6 heteroatoms. The summed E-state index contributed by atoms with van der Waals surface area (Å²) in [5, 5.41) is 17.5. The van der Waals surface area contributed by atoms with E-state index in [1.165, 1.54) is 0 Å². The van der Waals surface area contributed by atoms with Gasteiger partial charge in [-0.2, -0.15) is 0 Å². The Bertz CT molecular complexity index is 789. The van der Waals surface area contributed by atoms with Crippen LogP contribution in [0.3, 0.4) is 0 Å². The van der Waals surface area contributed by atoms with Gasteiger partial charge in [0.2, 0.25) is 0 Å². The first-order valence-corrected chi connectivity index (χ1v) is 8.88. The smallest absolute Gasteiger partial charge is 0.321 e. The van der Waals surface area contributed by atoms with Crippen LogP contribution in [0.5, 0.6) is 17.2 Å². The predicted octanol–water partition coefficient (Wildman–Crippen LogP) is 3.79. The largest absolute Gasteiger partial charge is 0.508 e. The zero-order valence-electron chi connectivity index (χ0n) is 14.4. The number of hydrogen-bond acceptors (Lipinski definition) is 4. The van der Waals surface area contributed by atoms with Crippen molar-refractivity contribution < 1.29 is 24.5 Å². The molecule has 2 atom stereocenters. The Morgan fingerprint density at radius 2 is 2.04 bits per heavy atom. The van der Waals surface area contributed by atoms with Gasteiger partial charge in [0.15, 0.2) is 0 Å². The van der Waals surface area contributed by atoms with Gasteiger partial charge in [0.25, 0.3) is 0 Å². The summed E-state index contributed by atoms with van der Waals surface area (Å²) >= 11 is 5.76. The van der Waals surface area contributed by atoms with Gasteiger partial charge >= 0.3 is 5.97 Å². The van der Waals surface area contributed by atoms with Crippen LogP contribution in [0.1, 0.15) is 24.5 Å². The van der Waals surface area contributed by atoms with Gasteiger partial charge < -0.3 is 19.7 Å². The van der Waals surface area contributed by atoms with Crippen LogP contribution >= 0.6 is 11.6 Å². The molecule has 138 valence electrons. The van der Waals surface area contributed by atoms with Crippen molar-refractivity contribution in [2.75, 3.05) is 6.61 Å². The first-order valence-electron chi connectivity index (χ1n) is 8.44. The first kappa shape index (κ1) is 18.4.